The molecule has 2 aliphatic carbocycles. The first kappa shape index (κ1) is 32.9. The average molecular weight is 657 g/mol. The van der Waals surface area contributed by atoms with Crippen LogP contribution in [0.15, 0.2) is 53.0 Å². The molecule has 1 aliphatic heterocycles. The normalized spacial score (nSPS) is 20.4. The van der Waals surface area contributed by atoms with Crippen LogP contribution in [0.3, 0.4) is 0 Å². The molecule has 0 atom stereocenters. The van der Waals surface area contributed by atoms with Gasteiger partial charge in [-0.15, -0.1) is 0 Å². The lowest BCUT2D eigenvalue weighted by Gasteiger charge is -2.32. The number of alkyl halides is 6. The van der Waals surface area contributed by atoms with Gasteiger partial charge < -0.3 is 9.31 Å². The van der Waals surface area contributed by atoms with Crippen molar-refractivity contribution in [2.45, 2.75) is 103 Å². The van der Waals surface area contributed by atoms with E-state index in [2.05, 4.69) is 15.9 Å². The molecule has 10 heteroatoms. The van der Waals surface area contributed by atoms with Crippen LogP contribution in [0.4, 0.5) is 26.3 Å². The van der Waals surface area contributed by atoms with Crippen LogP contribution >= 0.6 is 15.9 Å². The number of hydrogen-bond donors (Lipinski definition) is 0. The van der Waals surface area contributed by atoms with Crippen LogP contribution in [0.5, 0.6) is 0 Å². The van der Waals surface area contributed by atoms with E-state index in [1.54, 1.807) is 0 Å². The summed E-state index contributed by atoms with van der Waals surface area (Å²) < 4.78 is 90.4. The fraction of sp³-hybridized carbons (Fsp3) is 0.500. The van der Waals surface area contributed by atoms with Gasteiger partial charge in [0, 0.05) is 4.47 Å². The largest absolute Gasteiger partial charge is 0.495 e. The zero-order valence-corrected chi connectivity index (χ0v) is 25.9. The number of rotatable bonds is 3. The second-order valence-electron chi connectivity index (χ2n) is 12.0. The molecule has 0 radical (unpaired) electrons. The first-order valence-corrected chi connectivity index (χ1v) is 15.1. The van der Waals surface area contributed by atoms with Gasteiger partial charge in [-0.3, -0.25) is 0 Å². The Hall–Kier alpha value is -2.04. The summed E-state index contributed by atoms with van der Waals surface area (Å²) in [4.78, 5) is 0. The molecule has 0 unspecified atom stereocenters. The molecule has 0 aromatic heterocycles. The summed E-state index contributed by atoms with van der Waals surface area (Å²) in [6, 6.07) is 7.70. The predicted octanol–water partition coefficient (Wildman–Crippen LogP) is 10.4. The molecule has 5 rings (SSSR count). The molecule has 0 amide bonds. The highest BCUT2D eigenvalue weighted by atomic mass is 79.9. The molecule has 0 saturated carbocycles. The molecule has 1 heterocycles. The third-order valence-electron chi connectivity index (χ3n) is 8.46. The monoisotopic (exact) mass is 656 g/mol. The molecule has 2 aromatic rings. The van der Waals surface area contributed by atoms with Gasteiger partial charge in [-0.05, 0) is 131 Å². The molecule has 1 saturated heterocycles. The summed E-state index contributed by atoms with van der Waals surface area (Å²) in [5.74, 6) is 0. The van der Waals surface area contributed by atoms with Crippen LogP contribution in [0, 0.1) is 0 Å². The summed E-state index contributed by atoms with van der Waals surface area (Å²) in [6.07, 6.45) is 3.20. The van der Waals surface area contributed by atoms with Crippen molar-refractivity contribution in [3.8, 4) is 0 Å². The van der Waals surface area contributed by atoms with Crippen molar-refractivity contribution in [3.05, 3.63) is 75.3 Å². The maximum Gasteiger partial charge on any atom is 0.495 e. The Morgan fingerprint density at radius 1 is 0.667 bits per heavy atom. The van der Waals surface area contributed by atoms with E-state index in [-0.39, 0.29) is 0 Å². The molecule has 0 spiro atoms. The smallest absolute Gasteiger partial charge is 0.399 e. The first-order chi connectivity index (χ1) is 19.5. The lowest BCUT2D eigenvalue weighted by Crippen LogP contribution is -2.41. The van der Waals surface area contributed by atoms with E-state index in [9.17, 15) is 26.3 Å². The minimum atomic E-state index is -4.36. The predicted molar refractivity (Wildman–Crippen MR) is 159 cm³/mol. The van der Waals surface area contributed by atoms with E-state index < -0.39 is 41.8 Å². The van der Waals surface area contributed by atoms with Crippen molar-refractivity contribution >= 4 is 39.7 Å². The van der Waals surface area contributed by atoms with Crippen molar-refractivity contribution in [2.24, 2.45) is 0 Å². The van der Waals surface area contributed by atoms with Crippen molar-refractivity contribution in [3.63, 3.8) is 0 Å². The second kappa shape index (κ2) is 12.5. The highest BCUT2D eigenvalue weighted by Gasteiger charge is 2.52. The zero-order chi connectivity index (χ0) is 30.9. The van der Waals surface area contributed by atoms with Gasteiger partial charge in [-0.1, -0.05) is 40.2 Å². The first-order valence-electron chi connectivity index (χ1n) is 14.3. The maximum atomic E-state index is 13.2. The van der Waals surface area contributed by atoms with E-state index in [0.29, 0.717) is 16.6 Å². The average Bonchev–Trinajstić information content (AvgIpc) is 3.15. The van der Waals surface area contributed by atoms with Crippen LogP contribution in [-0.4, -0.2) is 18.3 Å². The fourth-order valence-electron chi connectivity index (χ4n) is 5.30. The van der Waals surface area contributed by atoms with Crippen LogP contribution in [0.25, 0.3) is 11.1 Å². The molecule has 2 nitrogen and oxygen atoms in total. The molecule has 0 bridgehead atoms. The topological polar surface area (TPSA) is 18.5 Å². The van der Waals surface area contributed by atoms with Gasteiger partial charge in [0.2, 0.25) is 0 Å². The number of allylic oxidation sites excluding steroid dienone is 4. The third kappa shape index (κ3) is 7.54. The molecule has 2 aromatic carbocycles. The van der Waals surface area contributed by atoms with Gasteiger partial charge in [0.25, 0.3) is 0 Å². The van der Waals surface area contributed by atoms with Crippen LogP contribution in [-0.2, 0) is 21.7 Å². The van der Waals surface area contributed by atoms with E-state index in [0.717, 1.165) is 79.1 Å². The van der Waals surface area contributed by atoms with Gasteiger partial charge in [0.05, 0.1) is 22.3 Å². The van der Waals surface area contributed by atoms with E-state index in [1.165, 1.54) is 24.3 Å². The second-order valence-corrected chi connectivity index (χ2v) is 12.9. The Morgan fingerprint density at radius 2 is 1.12 bits per heavy atom. The van der Waals surface area contributed by atoms with Crippen molar-refractivity contribution < 1.29 is 35.7 Å². The Bertz CT molecular complexity index is 1330. The molecule has 3 aliphatic rings. The maximum absolute atomic E-state index is 13.2. The van der Waals surface area contributed by atoms with Gasteiger partial charge in [0.1, 0.15) is 0 Å². The number of halogens is 7. The minimum absolute atomic E-state index is 0.529. The summed E-state index contributed by atoms with van der Waals surface area (Å²) in [5, 5.41) is 0. The van der Waals surface area contributed by atoms with Gasteiger partial charge >= 0.3 is 19.5 Å². The Kier molecular flexibility index (Phi) is 9.80. The SMILES string of the molecule is CC1(C)OB(c2ccc(C(F)(F)F)cc2C2=CCCCC2)OC1(C)C.FC(F)(F)c1ccc(Br)c(C2=CCCCC2)c1. The highest BCUT2D eigenvalue weighted by molar-refractivity contribution is 9.10. The van der Waals surface area contributed by atoms with Gasteiger partial charge in [0.15, 0.2) is 0 Å². The number of benzene rings is 2. The van der Waals surface area contributed by atoms with Crippen LogP contribution in [0.1, 0.15) is 101 Å². The van der Waals surface area contributed by atoms with Gasteiger partial charge in [-0.25, -0.2) is 0 Å². The van der Waals surface area contributed by atoms with E-state index in [4.69, 9.17) is 9.31 Å². The lowest BCUT2D eigenvalue weighted by molar-refractivity contribution is -0.138. The molecular formula is C32H36BBrF6O2. The highest BCUT2D eigenvalue weighted by Crippen LogP contribution is 2.39. The summed E-state index contributed by atoms with van der Waals surface area (Å²) in [7, 11) is -0.662. The van der Waals surface area contributed by atoms with Crippen LogP contribution < -0.4 is 5.46 Å². The molecule has 0 N–H and O–H groups in total. The molecule has 228 valence electrons. The fourth-order valence-corrected chi connectivity index (χ4v) is 5.80. The van der Waals surface area contributed by atoms with Crippen molar-refractivity contribution in [1.82, 2.24) is 0 Å². The quantitative estimate of drug-likeness (QED) is 0.242. The minimum Gasteiger partial charge on any atom is -0.399 e. The Morgan fingerprint density at radius 3 is 1.57 bits per heavy atom. The third-order valence-corrected chi connectivity index (χ3v) is 9.15. The summed E-state index contributed by atoms with van der Waals surface area (Å²) >= 11 is 3.32. The summed E-state index contributed by atoms with van der Waals surface area (Å²) in [5.41, 5.74) is 1.68. The Balaban J connectivity index is 0.000000208. The van der Waals surface area contributed by atoms with Crippen molar-refractivity contribution in [1.29, 1.82) is 0 Å². The lowest BCUT2D eigenvalue weighted by atomic mass is 9.72. The molecular weight excluding hydrogens is 621 g/mol. The molecule has 1 fully saturated rings. The number of hydrogen-bond acceptors (Lipinski definition) is 2. The van der Waals surface area contributed by atoms with Crippen molar-refractivity contribution in [2.75, 3.05) is 0 Å². The van der Waals surface area contributed by atoms with E-state index >= 15 is 0 Å². The van der Waals surface area contributed by atoms with Crippen LogP contribution in [0.2, 0.25) is 0 Å². The molecule has 42 heavy (non-hydrogen) atoms. The summed E-state index contributed by atoms with van der Waals surface area (Å²) in [6.45, 7) is 7.76. The van der Waals surface area contributed by atoms with E-state index in [1.807, 2.05) is 39.8 Å². The Labute approximate surface area is 252 Å². The zero-order valence-electron chi connectivity index (χ0n) is 24.3. The standard InChI is InChI=1S/C19H24BF3O2.C13H12BrF3/c1-17(2)18(3,4)25-20(24-17)16-11-10-14(19(21,22)23)12-15(16)13-8-6-5-7-9-13;14-12-7-6-10(13(15,16)17)8-11(12)9-4-2-1-3-5-9/h8,10-12H,5-7,9H2,1-4H3;4,6-8H,1-3,5H2. The van der Waals surface area contributed by atoms with Gasteiger partial charge in [-0.2, -0.15) is 26.3 Å².